The highest BCUT2D eigenvalue weighted by molar-refractivity contribution is 5.24. The Morgan fingerprint density at radius 1 is 1.35 bits per heavy atom. The Bertz CT molecular complexity index is 405. The average Bonchev–Trinajstić information content (AvgIpc) is 2.40. The van der Waals surface area contributed by atoms with Crippen molar-refractivity contribution in [1.29, 1.82) is 0 Å². The Morgan fingerprint density at radius 3 is 3.12 bits per heavy atom. The summed E-state index contributed by atoms with van der Waals surface area (Å²) in [5.41, 5.74) is 8.22. The molecule has 5 nitrogen and oxygen atoms in total. The van der Waals surface area contributed by atoms with Gasteiger partial charge in [0.2, 0.25) is 0 Å². The summed E-state index contributed by atoms with van der Waals surface area (Å²) >= 11 is 0. The number of ether oxygens (including phenoxy) is 2. The highest BCUT2D eigenvalue weighted by Crippen LogP contribution is 2.27. The Kier molecular flexibility index (Phi) is 3.05. The van der Waals surface area contributed by atoms with Crippen molar-refractivity contribution in [3.05, 3.63) is 23.3 Å². The molecular formula is C12H17N3O2. The van der Waals surface area contributed by atoms with Crippen molar-refractivity contribution in [3.63, 3.8) is 0 Å². The highest BCUT2D eigenvalue weighted by atomic mass is 16.6. The molecule has 1 saturated heterocycles. The summed E-state index contributed by atoms with van der Waals surface area (Å²) in [5, 5.41) is 0. The van der Waals surface area contributed by atoms with E-state index in [1.54, 1.807) is 0 Å². The Morgan fingerprint density at radius 2 is 2.29 bits per heavy atom. The molecule has 2 unspecified atom stereocenters. The van der Waals surface area contributed by atoms with E-state index in [0.29, 0.717) is 19.8 Å². The fourth-order valence-electron chi connectivity index (χ4n) is 2.39. The first-order valence-electron chi connectivity index (χ1n) is 6.15. The second kappa shape index (κ2) is 4.68. The summed E-state index contributed by atoms with van der Waals surface area (Å²) in [7, 11) is 0. The van der Waals surface area contributed by atoms with E-state index in [0.717, 1.165) is 36.3 Å². The molecule has 1 aliphatic heterocycles. The third kappa shape index (κ3) is 2.18. The quantitative estimate of drug-likeness (QED) is 0.783. The second-order valence-electron chi connectivity index (χ2n) is 4.56. The van der Waals surface area contributed by atoms with Crippen LogP contribution in [0.5, 0.6) is 0 Å². The van der Waals surface area contributed by atoms with Crippen molar-refractivity contribution in [3.8, 4) is 0 Å². The predicted octanol–water partition coefficient (Wildman–Crippen LogP) is 0.901. The first-order valence-corrected chi connectivity index (χ1v) is 6.15. The Balaban J connectivity index is 1.86. The molecule has 0 saturated carbocycles. The van der Waals surface area contributed by atoms with Gasteiger partial charge < -0.3 is 15.2 Å². The average molecular weight is 235 g/mol. The number of rotatable bonds is 1. The molecule has 3 rings (SSSR count). The standard InChI is InChI=1S/C12H17N3O2/c13-9-2-1-3-10-8(9)6-14-12(15-10)11-7-16-4-5-17-11/h6,9,11H,1-5,7,13H2. The zero-order valence-electron chi connectivity index (χ0n) is 9.76. The molecule has 1 aromatic heterocycles. The number of nitrogens with two attached hydrogens (primary N) is 1. The topological polar surface area (TPSA) is 70.3 Å². The first-order chi connectivity index (χ1) is 8.34. The molecule has 0 radical (unpaired) electrons. The summed E-state index contributed by atoms with van der Waals surface area (Å²) in [6, 6.07) is 0.0938. The molecule has 0 aromatic carbocycles. The molecule has 0 amide bonds. The lowest BCUT2D eigenvalue weighted by Crippen LogP contribution is -2.25. The van der Waals surface area contributed by atoms with Crippen LogP contribution in [0, 0.1) is 0 Å². The minimum absolute atomic E-state index is 0.0938. The number of hydrogen-bond donors (Lipinski definition) is 1. The molecule has 5 heteroatoms. The maximum absolute atomic E-state index is 6.04. The van der Waals surface area contributed by atoms with Crippen LogP contribution in [0.3, 0.4) is 0 Å². The second-order valence-corrected chi connectivity index (χ2v) is 4.56. The van der Waals surface area contributed by atoms with Crippen molar-refractivity contribution in [2.75, 3.05) is 19.8 Å². The van der Waals surface area contributed by atoms with Crippen LogP contribution < -0.4 is 5.73 Å². The van der Waals surface area contributed by atoms with Gasteiger partial charge in [0.05, 0.1) is 19.8 Å². The molecule has 0 bridgehead atoms. The monoisotopic (exact) mass is 235 g/mol. The molecule has 2 atom stereocenters. The van der Waals surface area contributed by atoms with Crippen LogP contribution in [-0.2, 0) is 15.9 Å². The van der Waals surface area contributed by atoms with Crippen molar-refractivity contribution in [2.45, 2.75) is 31.4 Å². The maximum Gasteiger partial charge on any atom is 0.159 e. The van der Waals surface area contributed by atoms with E-state index in [1.165, 1.54) is 0 Å². The first kappa shape index (κ1) is 11.1. The van der Waals surface area contributed by atoms with Crippen molar-refractivity contribution in [1.82, 2.24) is 9.97 Å². The number of aromatic nitrogens is 2. The van der Waals surface area contributed by atoms with Gasteiger partial charge in [-0.05, 0) is 19.3 Å². The molecule has 1 aromatic rings. The minimum atomic E-state index is -0.118. The van der Waals surface area contributed by atoms with Crippen LogP contribution in [0.1, 0.15) is 42.1 Å². The molecule has 2 aliphatic rings. The summed E-state index contributed by atoms with van der Waals surface area (Å²) in [4.78, 5) is 8.96. The van der Waals surface area contributed by atoms with Crippen molar-refractivity contribution in [2.24, 2.45) is 5.73 Å². The molecule has 17 heavy (non-hydrogen) atoms. The highest BCUT2D eigenvalue weighted by Gasteiger charge is 2.23. The zero-order valence-corrected chi connectivity index (χ0v) is 9.76. The third-order valence-electron chi connectivity index (χ3n) is 3.35. The maximum atomic E-state index is 6.04. The lowest BCUT2D eigenvalue weighted by molar-refractivity contribution is -0.0936. The van der Waals surface area contributed by atoms with Gasteiger partial charge in [-0.2, -0.15) is 0 Å². The minimum Gasteiger partial charge on any atom is -0.376 e. The van der Waals surface area contributed by atoms with E-state index in [4.69, 9.17) is 15.2 Å². The Labute approximate surface area is 100 Å². The molecular weight excluding hydrogens is 218 g/mol. The van der Waals surface area contributed by atoms with Gasteiger partial charge in [0.15, 0.2) is 5.82 Å². The molecule has 0 spiro atoms. The predicted molar refractivity (Wildman–Crippen MR) is 61.4 cm³/mol. The lowest BCUT2D eigenvalue weighted by Gasteiger charge is -2.25. The van der Waals surface area contributed by atoms with E-state index < -0.39 is 0 Å². The number of hydrogen-bond acceptors (Lipinski definition) is 5. The summed E-state index contributed by atoms with van der Waals surface area (Å²) in [6.07, 6.45) is 4.86. The fourth-order valence-corrected chi connectivity index (χ4v) is 2.39. The van der Waals surface area contributed by atoms with Crippen LogP contribution in [-0.4, -0.2) is 29.8 Å². The van der Waals surface area contributed by atoms with Gasteiger partial charge in [-0.3, -0.25) is 0 Å². The zero-order chi connectivity index (χ0) is 11.7. The van der Waals surface area contributed by atoms with E-state index in [2.05, 4.69) is 9.97 Å². The molecule has 1 aliphatic carbocycles. The third-order valence-corrected chi connectivity index (χ3v) is 3.35. The smallest absolute Gasteiger partial charge is 0.159 e. The van der Waals surface area contributed by atoms with Crippen molar-refractivity contribution < 1.29 is 9.47 Å². The van der Waals surface area contributed by atoms with Gasteiger partial charge in [-0.15, -0.1) is 0 Å². The molecule has 2 heterocycles. The van der Waals surface area contributed by atoms with Gasteiger partial charge in [0.1, 0.15) is 6.10 Å². The van der Waals surface area contributed by atoms with Crippen LogP contribution in [0.15, 0.2) is 6.20 Å². The van der Waals surface area contributed by atoms with E-state index >= 15 is 0 Å². The van der Waals surface area contributed by atoms with E-state index in [9.17, 15) is 0 Å². The number of aryl methyl sites for hydroxylation is 1. The van der Waals surface area contributed by atoms with Gasteiger partial charge in [0, 0.05) is 23.5 Å². The lowest BCUT2D eigenvalue weighted by atomic mass is 9.93. The SMILES string of the molecule is NC1CCCc2nc(C3COCCO3)ncc21. The van der Waals surface area contributed by atoms with Gasteiger partial charge in [-0.25, -0.2) is 9.97 Å². The largest absolute Gasteiger partial charge is 0.376 e. The fraction of sp³-hybridized carbons (Fsp3) is 0.667. The summed E-state index contributed by atoms with van der Waals surface area (Å²) in [5.74, 6) is 0.734. The van der Waals surface area contributed by atoms with Crippen LogP contribution >= 0.6 is 0 Å². The van der Waals surface area contributed by atoms with E-state index in [1.807, 2.05) is 6.20 Å². The van der Waals surface area contributed by atoms with Gasteiger partial charge in [-0.1, -0.05) is 0 Å². The van der Waals surface area contributed by atoms with Gasteiger partial charge >= 0.3 is 0 Å². The number of nitrogens with zero attached hydrogens (tertiary/aromatic N) is 2. The Hall–Kier alpha value is -1.04. The van der Waals surface area contributed by atoms with E-state index in [-0.39, 0.29) is 12.1 Å². The van der Waals surface area contributed by atoms with Crippen molar-refractivity contribution >= 4 is 0 Å². The summed E-state index contributed by atoms with van der Waals surface area (Å²) in [6.45, 7) is 1.82. The number of fused-ring (bicyclic) bond motifs is 1. The molecule has 1 fully saturated rings. The van der Waals surface area contributed by atoms with Crippen LogP contribution in [0.25, 0.3) is 0 Å². The normalized spacial score (nSPS) is 28.8. The van der Waals surface area contributed by atoms with Crippen LogP contribution in [0.4, 0.5) is 0 Å². The molecule has 2 N–H and O–H groups in total. The van der Waals surface area contributed by atoms with Crippen LogP contribution in [0.2, 0.25) is 0 Å². The molecule has 92 valence electrons. The summed E-state index contributed by atoms with van der Waals surface area (Å²) < 4.78 is 11.0. The van der Waals surface area contributed by atoms with Gasteiger partial charge in [0.25, 0.3) is 0 Å².